The zero-order valence-corrected chi connectivity index (χ0v) is 13.9. The molecule has 0 radical (unpaired) electrons. The Kier molecular flexibility index (Phi) is 4.94. The van der Waals surface area contributed by atoms with Crippen molar-refractivity contribution >= 4 is 25.6 Å². The second kappa shape index (κ2) is 6.36. The highest BCUT2D eigenvalue weighted by Gasteiger charge is 2.27. The molecule has 1 aliphatic carbocycles. The van der Waals surface area contributed by atoms with Crippen LogP contribution in [-0.2, 0) is 9.05 Å². The van der Waals surface area contributed by atoms with Gasteiger partial charge in [-0.05, 0) is 44.7 Å². The molecule has 1 saturated carbocycles. The van der Waals surface area contributed by atoms with Gasteiger partial charge in [0.15, 0.2) is 0 Å². The molecular formula is C15H20ClNO3S. The minimum absolute atomic E-state index is 0.105. The van der Waals surface area contributed by atoms with Crippen molar-refractivity contribution in [3.63, 3.8) is 0 Å². The van der Waals surface area contributed by atoms with Gasteiger partial charge in [-0.15, -0.1) is 0 Å². The van der Waals surface area contributed by atoms with E-state index in [4.69, 9.17) is 10.7 Å². The van der Waals surface area contributed by atoms with E-state index in [2.05, 4.69) is 0 Å². The number of rotatable bonds is 5. The molecule has 1 amide bonds. The Bertz CT molecular complexity index is 638. The third kappa shape index (κ3) is 3.77. The number of carbonyl (C=O) groups is 1. The van der Waals surface area contributed by atoms with Gasteiger partial charge in [-0.3, -0.25) is 4.79 Å². The predicted molar refractivity (Wildman–Crippen MR) is 83.1 cm³/mol. The van der Waals surface area contributed by atoms with Crippen LogP contribution in [0.15, 0.2) is 23.1 Å². The van der Waals surface area contributed by atoms with E-state index >= 15 is 0 Å². The Hall–Kier alpha value is -1.07. The van der Waals surface area contributed by atoms with E-state index in [-0.39, 0.29) is 16.4 Å². The van der Waals surface area contributed by atoms with Crippen molar-refractivity contribution in [1.82, 2.24) is 4.90 Å². The van der Waals surface area contributed by atoms with Crippen molar-refractivity contribution in [1.29, 1.82) is 0 Å². The van der Waals surface area contributed by atoms with Gasteiger partial charge in [0, 0.05) is 23.8 Å². The smallest absolute Gasteiger partial charge is 0.262 e. The Morgan fingerprint density at radius 3 is 2.52 bits per heavy atom. The molecule has 0 heterocycles. The second-order valence-electron chi connectivity index (χ2n) is 5.58. The van der Waals surface area contributed by atoms with Crippen molar-refractivity contribution in [3.05, 3.63) is 29.3 Å². The second-order valence-corrected chi connectivity index (χ2v) is 8.11. The van der Waals surface area contributed by atoms with Gasteiger partial charge in [0.25, 0.3) is 15.0 Å². The Morgan fingerprint density at radius 2 is 2.05 bits per heavy atom. The number of carbonyl (C=O) groups excluding carboxylic acids is 1. The maximum Gasteiger partial charge on any atom is 0.262 e. The summed E-state index contributed by atoms with van der Waals surface area (Å²) >= 11 is 0. The average Bonchev–Trinajstić information content (AvgIpc) is 2.35. The topological polar surface area (TPSA) is 54.5 Å². The molecule has 0 bridgehead atoms. The summed E-state index contributed by atoms with van der Waals surface area (Å²) in [6.45, 7) is 4.97. The highest BCUT2D eigenvalue weighted by Crippen LogP contribution is 2.28. The quantitative estimate of drug-likeness (QED) is 0.779. The van der Waals surface area contributed by atoms with Gasteiger partial charge >= 0.3 is 0 Å². The SMILES string of the molecule is CCN(CC1CCC1)C(=O)c1cc(C)ccc1S(=O)(=O)Cl. The minimum atomic E-state index is -3.93. The fraction of sp³-hybridized carbons (Fsp3) is 0.533. The molecule has 1 aromatic carbocycles. The zero-order valence-electron chi connectivity index (χ0n) is 12.3. The Morgan fingerprint density at radius 1 is 1.38 bits per heavy atom. The Labute approximate surface area is 130 Å². The highest BCUT2D eigenvalue weighted by atomic mass is 35.7. The molecule has 0 unspecified atom stereocenters. The van der Waals surface area contributed by atoms with E-state index in [0.29, 0.717) is 19.0 Å². The third-order valence-electron chi connectivity index (χ3n) is 4.00. The molecule has 0 spiro atoms. The number of nitrogens with zero attached hydrogens (tertiary/aromatic N) is 1. The fourth-order valence-corrected chi connectivity index (χ4v) is 3.58. The lowest BCUT2D eigenvalue weighted by Crippen LogP contribution is -2.37. The number of hydrogen-bond donors (Lipinski definition) is 0. The van der Waals surface area contributed by atoms with Gasteiger partial charge in [-0.25, -0.2) is 8.42 Å². The predicted octanol–water partition coefficient (Wildman–Crippen LogP) is 3.18. The first-order valence-corrected chi connectivity index (χ1v) is 9.48. The van der Waals surface area contributed by atoms with Crippen molar-refractivity contribution in [2.24, 2.45) is 5.92 Å². The normalized spacial score (nSPS) is 15.6. The van der Waals surface area contributed by atoms with E-state index in [1.165, 1.54) is 12.5 Å². The molecule has 116 valence electrons. The number of halogens is 1. The number of aryl methyl sites for hydroxylation is 1. The Balaban J connectivity index is 2.34. The van der Waals surface area contributed by atoms with Crippen LogP contribution in [0.4, 0.5) is 0 Å². The lowest BCUT2D eigenvalue weighted by Gasteiger charge is -2.32. The molecule has 6 heteroatoms. The van der Waals surface area contributed by atoms with E-state index in [1.54, 1.807) is 17.0 Å². The van der Waals surface area contributed by atoms with Crippen LogP contribution in [0.1, 0.15) is 42.1 Å². The summed E-state index contributed by atoms with van der Waals surface area (Å²) in [7, 11) is 1.52. The first-order valence-electron chi connectivity index (χ1n) is 7.17. The lowest BCUT2D eigenvalue weighted by atomic mass is 9.85. The van der Waals surface area contributed by atoms with Gasteiger partial charge < -0.3 is 4.90 Å². The first kappa shape index (κ1) is 16.3. The molecule has 0 N–H and O–H groups in total. The van der Waals surface area contributed by atoms with Gasteiger partial charge in [-0.1, -0.05) is 18.1 Å². The van der Waals surface area contributed by atoms with Gasteiger partial charge in [0.05, 0.1) is 10.5 Å². The monoisotopic (exact) mass is 329 g/mol. The summed E-state index contributed by atoms with van der Waals surface area (Å²) in [5.41, 5.74) is 1.01. The van der Waals surface area contributed by atoms with Crippen molar-refractivity contribution in [2.45, 2.75) is 38.0 Å². The maximum absolute atomic E-state index is 12.7. The van der Waals surface area contributed by atoms with Crippen LogP contribution in [0, 0.1) is 12.8 Å². The van der Waals surface area contributed by atoms with Crippen molar-refractivity contribution < 1.29 is 13.2 Å². The molecule has 0 aliphatic heterocycles. The van der Waals surface area contributed by atoms with Crippen LogP contribution in [0.25, 0.3) is 0 Å². The zero-order chi connectivity index (χ0) is 15.6. The summed E-state index contributed by atoms with van der Waals surface area (Å²) in [4.78, 5) is 14.3. The lowest BCUT2D eigenvalue weighted by molar-refractivity contribution is 0.0702. The summed E-state index contributed by atoms with van der Waals surface area (Å²) in [5.74, 6) is 0.280. The van der Waals surface area contributed by atoms with Crippen LogP contribution < -0.4 is 0 Å². The summed E-state index contributed by atoms with van der Waals surface area (Å²) in [6.07, 6.45) is 3.48. The van der Waals surface area contributed by atoms with Gasteiger partial charge in [0.1, 0.15) is 0 Å². The van der Waals surface area contributed by atoms with E-state index in [1.807, 2.05) is 13.8 Å². The molecule has 4 nitrogen and oxygen atoms in total. The summed E-state index contributed by atoms with van der Waals surface area (Å²) in [6, 6.07) is 4.65. The summed E-state index contributed by atoms with van der Waals surface area (Å²) < 4.78 is 23.3. The molecule has 21 heavy (non-hydrogen) atoms. The van der Waals surface area contributed by atoms with Crippen molar-refractivity contribution in [2.75, 3.05) is 13.1 Å². The van der Waals surface area contributed by atoms with Crippen LogP contribution in [0.3, 0.4) is 0 Å². The molecule has 1 aliphatic rings. The number of hydrogen-bond acceptors (Lipinski definition) is 3. The fourth-order valence-electron chi connectivity index (χ4n) is 2.54. The number of benzene rings is 1. The molecule has 2 rings (SSSR count). The minimum Gasteiger partial charge on any atom is -0.339 e. The van der Waals surface area contributed by atoms with Crippen LogP contribution in [0.2, 0.25) is 0 Å². The molecule has 1 fully saturated rings. The third-order valence-corrected chi connectivity index (χ3v) is 5.38. The molecule has 0 aromatic heterocycles. The first-order chi connectivity index (χ1) is 9.82. The van der Waals surface area contributed by atoms with E-state index in [9.17, 15) is 13.2 Å². The van der Waals surface area contributed by atoms with Crippen molar-refractivity contribution in [3.8, 4) is 0 Å². The molecule has 0 atom stereocenters. The highest BCUT2D eigenvalue weighted by molar-refractivity contribution is 8.13. The van der Waals surface area contributed by atoms with Crippen LogP contribution in [0.5, 0.6) is 0 Å². The van der Waals surface area contributed by atoms with Crippen LogP contribution >= 0.6 is 10.7 Å². The summed E-state index contributed by atoms with van der Waals surface area (Å²) in [5, 5.41) is 0. The van der Waals surface area contributed by atoms with E-state index in [0.717, 1.165) is 18.4 Å². The largest absolute Gasteiger partial charge is 0.339 e. The maximum atomic E-state index is 12.7. The standard InChI is InChI=1S/C15H20ClNO3S/c1-3-17(10-12-5-4-6-12)15(18)13-9-11(2)7-8-14(13)21(16,19)20/h7-9,12H,3-6,10H2,1-2H3. The van der Waals surface area contributed by atoms with E-state index < -0.39 is 9.05 Å². The van der Waals surface area contributed by atoms with Crippen LogP contribution in [-0.4, -0.2) is 32.3 Å². The number of amides is 1. The van der Waals surface area contributed by atoms with Gasteiger partial charge in [-0.2, -0.15) is 0 Å². The molecular weight excluding hydrogens is 310 g/mol. The molecule has 1 aromatic rings. The molecule has 0 saturated heterocycles. The van der Waals surface area contributed by atoms with Gasteiger partial charge in [0.2, 0.25) is 0 Å². The average molecular weight is 330 g/mol.